The molecule has 15 atom stereocenters. The summed E-state index contributed by atoms with van der Waals surface area (Å²) in [5.74, 6) is -5.88. The summed E-state index contributed by atoms with van der Waals surface area (Å²) in [4.78, 5) is 157. The van der Waals surface area contributed by atoms with Gasteiger partial charge in [-0.3, -0.25) is 66.4 Å². The maximum absolute atomic E-state index is 12.9. The molecule has 0 saturated carbocycles. The fraction of sp³-hybridized carbons (Fsp3) is 0.554. The van der Waals surface area contributed by atoms with Crippen molar-refractivity contribution in [2.75, 3.05) is 132 Å². The number of nitrogens with zero attached hydrogens (tertiary/aromatic N) is 9. The van der Waals surface area contributed by atoms with Gasteiger partial charge in [-0.1, -0.05) is 27.7 Å². The number of fused-ring (bicyclic) bond motifs is 3. The van der Waals surface area contributed by atoms with Crippen molar-refractivity contribution >= 4 is 240 Å². The van der Waals surface area contributed by atoms with E-state index in [1.54, 1.807) is 32.0 Å². The second-order valence-corrected chi connectivity index (χ2v) is 38.6. The molecule has 814 valence electrons. The molecule has 3 aliphatic rings. The van der Waals surface area contributed by atoms with Gasteiger partial charge >= 0.3 is 59.8 Å². The zero-order valence-corrected chi connectivity index (χ0v) is 95.0. The minimum atomic E-state index is -1.21. The van der Waals surface area contributed by atoms with Crippen LogP contribution < -0.4 is 37.9 Å². The van der Waals surface area contributed by atoms with Gasteiger partial charge in [0.1, 0.15) is 111 Å². The van der Waals surface area contributed by atoms with E-state index in [1.807, 2.05) is 13.8 Å². The first kappa shape index (κ1) is 123. The molecule has 56 heteroatoms. The van der Waals surface area contributed by atoms with E-state index in [-0.39, 0.29) is 193 Å². The highest BCUT2D eigenvalue weighted by molar-refractivity contribution is 9.12. The first-order valence-electron chi connectivity index (χ1n) is 45.5. The molecule has 3 aromatic carbocycles. The molecule has 0 unspecified atom stereocenters. The van der Waals surface area contributed by atoms with E-state index in [2.05, 4.69) is 125 Å². The van der Waals surface area contributed by atoms with E-state index in [4.69, 9.17) is 170 Å². The SMILES string of the molecule is CC(=O)OC[C@H]1O[C@@H](Oc2cn(C(C)=O)c3cc(Br)c(OCCOCCOCCO)c(Br)c23)[C@H](C)[C@@H](OC(C)=O)[C@@H]1OC(C)=O.CC[C@H]1O[C@@H](Oc2cn(C(C)=O)c3cc(Br)c(OCCOCCOCCOc4nc(Cl)nc(OCCOCCOCCOc5c(Br)cc6c(c(O[C@@H]7O[C@H](COC(C)=O)[C@@H](OC(C)=O)[C@H](OC(C)=O)[C@H]7C)cn6C(C)=O)c5Br)n4)c(Br)c23)[C@H](OC(C)=O)[C@@H](OC(C)=O)[C@@H]1C.Clc1nc(Cl)nc(Cl)n1. The summed E-state index contributed by atoms with van der Waals surface area (Å²) in [7, 11) is 0. The Morgan fingerprint density at radius 1 is 0.331 bits per heavy atom. The number of hydrogen-bond donors (Lipinski definition) is 1. The van der Waals surface area contributed by atoms with E-state index < -0.39 is 133 Å². The summed E-state index contributed by atoms with van der Waals surface area (Å²) in [6, 6.07) is 4.94. The van der Waals surface area contributed by atoms with Crippen molar-refractivity contribution in [3.63, 3.8) is 0 Å². The van der Waals surface area contributed by atoms with Crippen molar-refractivity contribution in [3.8, 4) is 46.5 Å². The van der Waals surface area contributed by atoms with Crippen LogP contribution in [0.4, 0.5) is 0 Å². The molecule has 3 fully saturated rings. The van der Waals surface area contributed by atoms with Gasteiger partial charge in [0.25, 0.3) is 0 Å². The van der Waals surface area contributed by atoms with Crippen molar-refractivity contribution in [1.82, 2.24) is 43.6 Å². The van der Waals surface area contributed by atoms with E-state index >= 15 is 0 Å². The molecule has 11 rings (SSSR count). The number of rotatable bonds is 48. The van der Waals surface area contributed by atoms with Crippen LogP contribution in [0, 0.1) is 17.8 Å². The highest BCUT2D eigenvalue weighted by Gasteiger charge is 2.53. The summed E-state index contributed by atoms with van der Waals surface area (Å²) in [6.45, 7) is 23.5. The van der Waals surface area contributed by atoms with Crippen LogP contribution >= 0.6 is 142 Å². The third-order valence-corrected chi connectivity index (χ3v) is 26.0. The standard InChI is InChI=1S/C60H72Br4ClN5O24.C29H37Br2NO13.C3Cl3N3/c1-11-42-29(2)50(87-34(7)74)55(90-37(10)77)57(91-42)93-44-27-70(32(5)72)41-25-39(62)53(49(64)47(41)44)83-21-17-79-13-15-81-19-23-85-60-67-58(65)66-59(68-60)84-22-18-80-14-12-78-16-20-82-52-38(61)24-40-46(48(52)63)43(26-69(40)31(4)71)92-56-30(3)51(88-35(8)75)54(89-36(9)76)45(94-56)28-86-33(6)73;1-15-26(42-18(4)36)28(43-19(5)37)23(14-41-17(3)35)45-29(15)44-22-13-32(16(2)34)21-12-20(30)27(25(31)24(21)22)40-11-10-39-9-8-38-7-6-33;4-1-7-2(5)9-3(6)8-1/h24-27,29-30,42,45,50-51,54-57H,11-23,28H2,1-10H3;12-13,15,23,26,28-29,33H,6-11,14H2,1-5H3;/t29-,30-,42-,45-,50+,51-,54-,55-,56-,57+;15-,23-,26-,28-,29-;/m11./s1. The van der Waals surface area contributed by atoms with E-state index in [1.165, 1.54) is 108 Å². The van der Waals surface area contributed by atoms with Gasteiger partial charge in [-0.15, -0.1) is 4.98 Å². The van der Waals surface area contributed by atoms with Crippen molar-refractivity contribution in [2.45, 2.75) is 184 Å². The Bertz CT molecular complexity index is 5900. The van der Waals surface area contributed by atoms with Crippen LogP contribution in [0.2, 0.25) is 21.1 Å². The first-order chi connectivity index (χ1) is 70.3. The Morgan fingerprint density at radius 3 is 0.885 bits per heavy atom. The van der Waals surface area contributed by atoms with Crippen molar-refractivity contribution in [3.05, 3.63) is 84.8 Å². The van der Waals surface area contributed by atoms with Gasteiger partial charge in [0, 0.05) is 82.1 Å². The second-order valence-electron chi connectivity index (χ2n) is 32.3. The van der Waals surface area contributed by atoms with Crippen LogP contribution in [-0.4, -0.2) is 320 Å². The van der Waals surface area contributed by atoms with E-state index in [9.17, 15) is 52.7 Å². The lowest BCUT2D eigenvalue weighted by atomic mass is 9.89. The lowest BCUT2D eigenvalue weighted by Gasteiger charge is -2.43. The van der Waals surface area contributed by atoms with Crippen molar-refractivity contribution < 1.29 is 176 Å². The molecule has 0 amide bonds. The maximum Gasteiger partial charge on any atom is 0.324 e. The molecule has 8 aromatic rings. The van der Waals surface area contributed by atoms with Gasteiger partial charge in [0.15, 0.2) is 12.2 Å². The predicted octanol–water partition coefficient (Wildman–Crippen LogP) is 14.2. The number of ether oxygens (including phenoxy) is 25. The lowest BCUT2D eigenvalue weighted by molar-refractivity contribution is -0.267. The Labute approximate surface area is 918 Å². The van der Waals surface area contributed by atoms with Crippen LogP contribution in [0.5, 0.6) is 46.5 Å². The van der Waals surface area contributed by atoms with Gasteiger partial charge in [-0.2, -0.15) is 24.9 Å². The predicted molar refractivity (Wildman–Crippen MR) is 542 cm³/mol. The quantitative estimate of drug-likeness (QED) is 0.0210. The smallest absolute Gasteiger partial charge is 0.324 e. The molecule has 46 nitrogen and oxygen atoms in total. The van der Waals surface area contributed by atoms with Crippen LogP contribution in [0.25, 0.3) is 32.7 Å². The fourth-order valence-electron chi connectivity index (χ4n) is 15.1. The number of carbonyl (C=O) groups excluding carboxylic acids is 11. The Hall–Kier alpha value is -8.89. The molecule has 1 N–H and O–H groups in total. The summed E-state index contributed by atoms with van der Waals surface area (Å²) < 4.78 is 152. The van der Waals surface area contributed by atoms with Crippen molar-refractivity contribution in [1.29, 1.82) is 0 Å². The van der Waals surface area contributed by atoms with Crippen LogP contribution in [0.15, 0.2) is 63.6 Å². The summed E-state index contributed by atoms with van der Waals surface area (Å²) >= 11 is 43.6. The first-order valence-corrected chi connectivity index (χ1v) is 51.8. The molecule has 148 heavy (non-hydrogen) atoms. The zero-order chi connectivity index (χ0) is 109. The van der Waals surface area contributed by atoms with Crippen molar-refractivity contribution in [2.24, 2.45) is 17.8 Å². The van der Waals surface area contributed by atoms with Crippen LogP contribution in [-0.2, 0) is 119 Å². The van der Waals surface area contributed by atoms with Gasteiger partial charge in [-0.05, 0) is 167 Å². The largest absolute Gasteiger partial charge is 0.489 e. The highest BCUT2D eigenvalue weighted by atomic mass is 79.9. The average Bonchev–Trinajstić information content (AvgIpc) is 1.60. The molecule has 0 spiro atoms. The van der Waals surface area contributed by atoms with Gasteiger partial charge in [0.2, 0.25) is 63.8 Å². The van der Waals surface area contributed by atoms with Gasteiger partial charge in [-0.25, -0.2) is 0 Å². The summed E-state index contributed by atoms with van der Waals surface area (Å²) in [5, 5.41) is 10.0. The number of aliphatic hydroxyl groups excluding tert-OH is 1. The highest BCUT2D eigenvalue weighted by Crippen LogP contribution is 2.50. The molecule has 0 bridgehead atoms. The molecule has 0 aliphatic carbocycles. The number of hydrogen-bond acceptors (Lipinski definition) is 43. The number of esters is 8. The Morgan fingerprint density at radius 2 is 0.595 bits per heavy atom. The minimum Gasteiger partial charge on any atom is -0.489 e. The number of aliphatic hydroxyl groups is 1. The molecular formula is C92H109Br6Cl4N9O37. The molecule has 8 heterocycles. The molecular weight excluding hydrogens is 2440 g/mol. The second kappa shape index (κ2) is 59.9. The number of aromatic nitrogens is 9. The molecule has 3 saturated heterocycles. The van der Waals surface area contributed by atoms with E-state index in [0.717, 1.165) is 0 Å². The average molecular weight is 2550 g/mol. The van der Waals surface area contributed by atoms with Gasteiger partial charge in [0.05, 0.1) is 182 Å². The summed E-state index contributed by atoms with van der Waals surface area (Å²) in [5.41, 5.74) is 1.42. The normalized spacial score (nSPS) is 20.4. The van der Waals surface area contributed by atoms with Crippen LogP contribution in [0.1, 0.15) is 125 Å². The third-order valence-electron chi connectivity index (χ3n) is 21.3. The Kier molecular flexibility index (Phi) is 49.7. The maximum atomic E-state index is 12.9. The number of benzene rings is 3. The molecule has 5 aromatic heterocycles. The molecule has 0 radical (unpaired) electrons. The summed E-state index contributed by atoms with van der Waals surface area (Å²) in [6.07, 6.45) is -7.33. The van der Waals surface area contributed by atoms with E-state index in [0.29, 0.717) is 96.4 Å². The monoisotopic (exact) mass is 2550 g/mol. The topological polar surface area (TPSA) is 531 Å². The van der Waals surface area contributed by atoms with Gasteiger partial charge < -0.3 is 124 Å². The lowest BCUT2D eigenvalue weighted by Crippen LogP contribution is -2.59. The molecule has 3 aliphatic heterocycles. The van der Waals surface area contributed by atoms with Crippen LogP contribution in [0.3, 0.4) is 0 Å². The number of halogens is 10. The minimum absolute atomic E-state index is 0.000000000000000444. The zero-order valence-electron chi connectivity index (χ0n) is 82.4. The Balaban J connectivity index is 0.000000370. The number of carbonyl (C=O) groups is 11. The third kappa shape index (κ3) is 35.6. The fourth-order valence-corrected chi connectivity index (χ4v) is 20.4.